The van der Waals surface area contributed by atoms with Gasteiger partial charge in [-0.2, -0.15) is 0 Å². The fourth-order valence-corrected chi connectivity index (χ4v) is 4.35. The van der Waals surface area contributed by atoms with Crippen molar-refractivity contribution in [2.75, 3.05) is 11.9 Å². The molecule has 0 saturated heterocycles. The zero-order chi connectivity index (χ0) is 27.4. The lowest BCUT2D eigenvalue weighted by atomic mass is 9.99. The molecular weight excluding hydrogens is 498 g/mol. The van der Waals surface area contributed by atoms with E-state index in [1.54, 1.807) is 6.07 Å². The molecule has 1 fully saturated rings. The Labute approximate surface area is 225 Å². The fraction of sp³-hybridized carbons (Fsp3) is 0.321. The number of ether oxygens (including phenoxy) is 1. The number of nitrogens with one attached hydrogen (secondary N) is 1. The molecule has 0 aliphatic heterocycles. The lowest BCUT2D eigenvalue weighted by Gasteiger charge is -2.14. The van der Waals surface area contributed by atoms with Gasteiger partial charge in [0.2, 0.25) is 5.88 Å². The van der Waals surface area contributed by atoms with Crippen LogP contribution in [0, 0.1) is 13.8 Å². The molecule has 0 unspecified atom stereocenters. The third-order valence-electron chi connectivity index (χ3n) is 6.59. The Kier molecular flexibility index (Phi) is 7.57. The second-order valence-electron chi connectivity index (χ2n) is 9.66. The highest BCUT2D eigenvalue weighted by molar-refractivity contribution is 5.97. The minimum absolute atomic E-state index is 0.0408. The van der Waals surface area contributed by atoms with Gasteiger partial charge in [-0.25, -0.2) is 15.0 Å². The highest BCUT2D eigenvalue weighted by Crippen LogP contribution is 2.39. The highest BCUT2D eigenvalue weighted by Gasteiger charge is 2.23. The Morgan fingerprint density at radius 2 is 1.97 bits per heavy atom. The molecule has 1 aromatic carbocycles. The summed E-state index contributed by atoms with van der Waals surface area (Å²) in [5, 5.41) is 15.8. The number of nitrogens with two attached hydrogens (primary N) is 1. The number of hydrogen-bond acceptors (Lipinski definition) is 8. The zero-order valence-electron chi connectivity index (χ0n) is 21.9. The van der Waals surface area contributed by atoms with Gasteiger partial charge < -0.3 is 30.1 Å². The molecule has 1 aliphatic rings. The van der Waals surface area contributed by atoms with E-state index in [1.807, 2.05) is 32.2 Å². The predicted molar refractivity (Wildman–Crippen MR) is 146 cm³/mol. The lowest BCUT2D eigenvalue weighted by molar-refractivity contribution is -0.138. The summed E-state index contributed by atoms with van der Waals surface area (Å²) in [6, 6.07) is 9.81. The molecule has 3 heterocycles. The van der Waals surface area contributed by atoms with Crippen molar-refractivity contribution in [3.63, 3.8) is 0 Å². The number of benzene rings is 1. The van der Waals surface area contributed by atoms with E-state index < -0.39 is 5.97 Å². The van der Waals surface area contributed by atoms with Crippen molar-refractivity contribution < 1.29 is 19.5 Å². The predicted octanol–water partition coefficient (Wildman–Crippen LogP) is 3.92. The molecule has 11 nitrogen and oxygen atoms in total. The van der Waals surface area contributed by atoms with Crippen LogP contribution in [-0.2, 0) is 22.8 Å². The number of oxime groups is 1. The van der Waals surface area contributed by atoms with Gasteiger partial charge in [0.1, 0.15) is 31.0 Å². The van der Waals surface area contributed by atoms with Crippen LogP contribution in [-0.4, -0.2) is 42.9 Å². The summed E-state index contributed by atoms with van der Waals surface area (Å²) in [4.78, 5) is 28.8. The van der Waals surface area contributed by atoms with Crippen molar-refractivity contribution >= 4 is 23.3 Å². The van der Waals surface area contributed by atoms with Gasteiger partial charge in [-0.3, -0.25) is 4.79 Å². The number of anilines is 1. The second kappa shape index (κ2) is 11.4. The molecule has 1 saturated carbocycles. The molecule has 5 rings (SSSR count). The number of fused-ring (bicyclic) bond motifs is 1. The average Bonchev–Trinajstić information content (AvgIpc) is 3.68. The van der Waals surface area contributed by atoms with Crippen LogP contribution in [0.2, 0.25) is 0 Å². The van der Waals surface area contributed by atoms with Crippen LogP contribution in [0.3, 0.4) is 0 Å². The number of amidine groups is 1. The molecule has 3 aromatic heterocycles. The van der Waals surface area contributed by atoms with Crippen molar-refractivity contribution in [3.8, 4) is 5.88 Å². The van der Waals surface area contributed by atoms with E-state index in [1.165, 1.54) is 24.7 Å². The largest absolute Gasteiger partial charge is 0.481 e. The first-order valence-electron chi connectivity index (χ1n) is 12.8. The Hall–Kier alpha value is -4.67. The first kappa shape index (κ1) is 26.0. The topological polar surface area (TPSA) is 149 Å². The Morgan fingerprint density at radius 1 is 1.18 bits per heavy atom. The molecule has 0 radical (unpaired) electrons. The highest BCUT2D eigenvalue weighted by atomic mass is 16.6. The minimum Gasteiger partial charge on any atom is -0.481 e. The molecule has 202 valence electrons. The van der Waals surface area contributed by atoms with E-state index in [0.717, 1.165) is 28.0 Å². The molecule has 0 spiro atoms. The molecular formula is C28H31N7O4. The van der Waals surface area contributed by atoms with Gasteiger partial charge >= 0.3 is 5.97 Å². The molecule has 0 amide bonds. The molecule has 4 N–H and O–H groups in total. The third-order valence-corrected chi connectivity index (χ3v) is 6.59. The SMILES string of the molecule is Cc1cc(/C(N)=N/OCCC(=O)O)cc(C)c1CNc1cc(OCc2cn3cc(C4CC4)ccc3n2)ncn1. The van der Waals surface area contributed by atoms with Gasteiger partial charge in [0.15, 0.2) is 5.84 Å². The summed E-state index contributed by atoms with van der Waals surface area (Å²) < 4.78 is 7.97. The van der Waals surface area contributed by atoms with E-state index in [9.17, 15) is 4.79 Å². The first-order valence-corrected chi connectivity index (χ1v) is 12.8. The number of aliphatic carboxylic acids is 1. The van der Waals surface area contributed by atoms with Gasteiger partial charge in [-0.1, -0.05) is 11.2 Å². The summed E-state index contributed by atoms with van der Waals surface area (Å²) in [5.41, 5.74) is 12.9. The normalized spacial score (nSPS) is 13.4. The number of nitrogens with zero attached hydrogens (tertiary/aromatic N) is 5. The second-order valence-corrected chi connectivity index (χ2v) is 9.66. The number of carboxylic acid groups (broad SMARTS) is 1. The quantitative estimate of drug-likeness (QED) is 0.107. The maximum absolute atomic E-state index is 10.6. The summed E-state index contributed by atoms with van der Waals surface area (Å²) in [5.74, 6) is 1.03. The van der Waals surface area contributed by atoms with E-state index in [0.29, 0.717) is 36.3 Å². The number of rotatable bonds is 12. The van der Waals surface area contributed by atoms with Crippen molar-refractivity contribution in [3.05, 3.63) is 82.6 Å². The van der Waals surface area contributed by atoms with Crippen LogP contribution in [0.5, 0.6) is 5.88 Å². The van der Waals surface area contributed by atoms with E-state index >= 15 is 0 Å². The number of pyridine rings is 1. The van der Waals surface area contributed by atoms with Gasteiger partial charge in [0.25, 0.3) is 0 Å². The molecule has 0 bridgehead atoms. The van der Waals surface area contributed by atoms with Crippen LogP contribution in [0.4, 0.5) is 5.82 Å². The van der Waals surface area contributed by atoms with Crippen LogP contribution in [0.25, 0.3) is 5.65 Å². The summed E-state index contributed by atoms with van der Waals surface area (Å²) in [7, 11) is 0. The van der Waals surface area contributed by atoms with Crippen molar-refractivity contribution in [2.24, 2.45) is 10.9 Å². The summed E-state index contributed by atoms with van der Waals surface area (Å²) in [6.07, 6.45) is 8.01. The monoisotopic (exact) mass is 529 g/mol. The van der Waals surface area contributed by atoms with Crippen LogP contribution < -0.4 is 15.8 Å². The summed E-state index contributed by atoms with van der Waals surface area (Å²) in [6.45, 7) is 4.78. The van der Waals surface area contributed by atoms with Crippen molar-refractivity contribution in [1.82, 2.24) is 19.4 Å². The third kappa shape index (κ3) is 6.61. The molecule has 11 heteroatoms. The van der Waals surface area contributed by atoms with Gasteiger partial charge in [0.05, 0.1) is 12.1 Å². The number of aromatic nitrogens is 4. The molecule has 39 heavy (non-hydrogen) atoms. The smallest absolute Gasteiger partial charge is 0.306 e. The molecule has 1 aliphatic carbocycles. The fourth-order valence-electron chi connectivity index (χ4n) is 4.35. The number of hydrogen-bond donors (Lipinski definition) is 3. The summed E-state index contributed by atoms with van der Waals surface area (Å²) >= 11 is 0. The molecule has 0 atom stereocenters. The standard InChI is InChI=1S/C28H31N7O4/c1-17-9-21(28(29)34-39-8-7-27(36)37)10-18(2)23(17)12-30-24-11-26(32-16-31-24)38-15-22-14-35-13-20(19-3-4-19)5-6-25(35)33-22/h5-6,9-11,13-14,16,19H,3-4,7-8,12,15H2,1-2H3,(H2,29,34)(H,36,37)(H,30,31,32). The Bertz CT molecular complexity index is 1500. The van der Waals surface area contributed by atoms with Gasteiger partial charge in [-0.15, -0.1) is 0 Å². The molecule has 4 aromatic rings. The van der Waals surface area contributed by atoms with Crippen LogP contribution in [0.1, 0.15) is 58.7 Å². The van der Waals surface area contributed by atoms with E-state index in [-0.39, 0.29) is 18.9 Å². The minimum atomic E-state index is -0.955. The van der Waals surface area contributed by atoms with Crippen molar-refractivity contribution in [1.29, 1.82) is 0 Å². The first-order chi connectivity index (χ1) is 18.9. The number of aryl methyl sites for hydroxylation is 2. The number of imidazole rings is 1. The van der Waals surface area contributed by atoms with Crippen LogP contribution >= 0.6 is 0 Å². The van der Waals surface area contributed by atoms with Crippen molar-refractivity contribution in [2.45, 2.75) is 52.2 Å². The van der Waals surface area contributed by atoms with E-state index in [2.05, 4.69) is 48.2 Å². The average molecular weight is 530 g/mol. The number of carboxylic acids is 1. The maximum Gasteiger partial charge on any atom is 0.306 e. The lowest BCUT2D eigenvalue weighted by Crippen LogP contribution is -2.16. The van der Waals surface area contributed by atoms with Gasteiger partial charge in [-0.05, 0) is 73.1 Å². The number of carbonyl (C=O) groups is 1. The van der Waals surface area contributed by atoms with Crippen LogP contribution in [0.15, 0.2) is 54.2 Å². The zero-order valence-corrected chi connectivity index (χ0v) is 21.9. The van der Waals surface area contributed by atoms with E-state index in [4.69, 9.17) is 20.4 Å². The Morgan fingerprint density at radius 3 is 2.72 bits per heavy atom. The maximum atomic E-state index is 10.6. The van der Waals surface area contributed by atoms with Gasteiger partial charge in [0, 0.05) is 30.6 Å². The Balaban J connectivity index is 1.18.